The molecule has 0 unspecified atom stereocenters. The van der Waals surface area contributed by atoms with Gasteiger partial charge in [0.05, 0.1) is 4.88 Å². The average molecular weight is 365 g/mol. The summed E-state index contributed by atoms with van der Waals surface area (Å²) in [5.41, 5.74) is 0.507. The molecule has 1 aromatic carbocycles. The van der Waals surface area contributed by atoms with Crippen LogP contribution in [0.15, 0.2) is 41.8 Å². The Morgan fingerprint density at radius 3 is 2.33 bits per heavy atom. The van der Waals surface area contributed by atoms with Crippen LogP contribution in [0.25, 0.3) is 0 Å². The number of rotatable bonds is 8. The molecular formula is C17H17ClN2O3S. The van der Waals surface area contributed by atoms with Gasteiger partial charge in [0, 0.05) is 36.5 Å². The van der Waals surface area contributed by atoms with E-state index in [-0.39, 0.29) is 30.4 Å². The predicted molar refractivity (Wildman–Crippen MR) is 94.7 cm³/mol. The highest BCUT2D eigenvalue weighted by Gasteiger charge is 2.10. The first-order valence-corrected chi connectivity index (χ1v) is 8.69. The largest absolute Gasteiger partial charge is 0.354 e. The Labute approximate surface area is 149 Å². The van der Waals surface area contributed by atoms with Gasteiger partial charge in [0.2, 0.25) is 5.91 Å². The smallest absolute Gasteiger partial charge is 0.251 e. The van der Waals surface area contributed by atoms with E-state index in [0.29, 0.717) is 28.6 Å². The van der Waals surface area contributed by atoms with Crippen molar-refractivity contribution in [2.75, 3.05) is 13.1 Å². The lowest BCUT2D eigenvalue weighted by atomic mass is 10.2. The first-order chi connectivity index (χ1) is 11.6. The number of carbonyl (C=O) groups is 3. The molecule has 0 radical (unpaired) electrons. The standard InChI is InChI=1S/C17H17ClN2O3S/c18-13-5-3-12(4-6-13)17(23)20-10-9-19-16(22)8-7-14(21)15-2-1-11-24-15/h1-6,11H,7-10H2,(H,19,22)(H,20,23). The number of amides is 2. The molecule has 24 heavy (non-hydrogen) atoms. The van der Waals surface area contributed by atoms with Crippen LogP contribution in [0, 0.1) is 0 Å². The summed E-state index contributed by atoms with van der Waals surface area (Å²) in [4.78, 5) is 36.0. The van der Waals surface area contributed by atoms with Crippen molar-refractivity contribution in [2.24, 2.45) is 0 Å². The fourth-order valence-corrected chi connectivity index (χ4v) is 2.78. The van der Waals surface area contributed by atoms with E-state index < -0.39 is 0 Å². The van der Waals surface area contributed by atoms with E-state index in [9.17, 15) is 14.4 Å². The zero-order chi connectivity index (χ0) is 17.4. The normalized spacial score (nSPS) is 10.2. The van der Waals surface area contributed by atoms with Gasteiger partial charge in [0.25, 0.3) is 5.91 Å². The molecule has 0 aliphatic rings. The Morgan fingerprint density at radius 1 is 0.958 bits per heavy atom. The average Bonchev–Trinajstić information content (AvgIpc) is 3.11. The van der Waals surface area contributed by atoms with Gasteiger partial charge >= 0.3 is 0 Å². The molecule has 2 aromatic rings. The minimum Gasteiger partial charge on any atom is -0.354 e. The van der Waals surface area contributed by atoms with Crippen LogP contribution >= 0.6 is 22.9 Å². The van der Waals surface area contributed by atoms with Gasteiger partial charge in [0.15, 0.2) is 5.78 Å². The number of thiophene rings is 1. The highest BCUT2D eigenvalue weighted by atomic mass is 35.5. The Kier molecular flexibility index (Phi) is 6.96. The lowest BCUT2D eigenvalue weighted by Gasteiger charge is -2.07. The lowest BCUT2D eigenvalue weighted by Crippen LogP contribution is -2.34. The highest BCUT2D eigenvalue weighted by Crippen LogP contribution is 2.12. The number of ketones is 1. The monoisotopic (exact) mass is 364 g/mol. The number of carbonyl (C=O) groups excluding carboxylic acids is 3. The molecule has 5 nitrogen and oxygen atoms in total. The SMILES string of the molecule is O=C(CCC(=O)c1cccs1)NCCNC(=O)c1ccc(Cl)cc1. The molecule has 0 aliphatic heterocycles. The topological polar surface area (TPSA) is 75.3 Å². The second-order valence-electron chi connectivity index (χ2n) is 5.01. The Morgan fingerprint density at radius 2 is 1.67 bits per heavy atom. The zero-order valence-electron chi connectivity index (χ0n) is 12.9. The number of nitrogens with one attached hydrogen (secondary N) is 2. The van der Waals surface area contributed by atoms with Gasteiger partial charge < -0.3 is 10.6 Å². The van der Waals surface area contributed by atoms with Gasteiger partial charge in [-0.15, -0.1) is 11.3 Å². The van der Waals surface area contributed by atoms with Crippen molar-refractivity contribution in [3.8, 4) is 0 Å². The van der Waals surface area contributed by atoms with Crippen LogP contribution in [-0.4, -0.2) is 30.7 Å². The van der Waals surface area contributed by atoms with Gasteiger partial charge in [-0.05, 0) is 35.7 Å². The van der Waals surface area contributed by atoms with Crippen LogP contribution in [-0.2, 0) is 4.79 Å². The minimum atomic E-state index is -0.228. The summed E-state index contributed by atoms with van der Waals surface area (Å²) in [6.45, 7) is 0.622. The number of halogens is 1. The second kappa shape index (κ2) is 9.20. The molecule has 0 aliphatic carbocycles. The van der Waals surface area contributed by atoms with E-state index in [1.54, 1.807) is 36.4 Å². The van der Waals surface area contributed by atoms with Gasteiger partial charge in [-0.2, -0.15) is 0 Å². The van der Waals surface area contributed by atoms with Gasteiger partial charge in [-0.3, -0.25) is 14.4 Å². The molecule has 2 amide bonds. The zero-order valence-corrected chi connectivity index (χ0v) is 14.5. The Bertz CT molecular complexity index is 699. The maximum atomic E-state index is 11.8. The summed E-state index contributed by atoms with van der Waals surface area (Å²) in [5.74, 6) is -0.467. The summed E-state index contributed by atoms with van der Waals surface area (Å²) in [5, 5.41) is 7.77. The molecule has 0 spiro atoms. The summed E-state index contributed by atoms with van der Waals surface area (Å²) in [6, 6.07) is 10.1. The maximum absolute atomic E-state index is 11.8. The van der Waals surface area contributed by atoms with E-state index in [1.807, 2.05) is 5.38 Å². The highest BCUT2D eigenvalue weighted by molar-refractivity contribution is 7.12. The third kappa shape index (κ3) is 5.79. The predicted octanol–water partition coefficient (Wildman–Crippen LogP) is 2.91. The molecular weight excluding hydrogens is 348 g/mol. The van der Waals surface area contributed by atoms with Crippen molar-refractivity contribution in [3.63, 3.8) is 0 Å². The Hall–Kier alpha value is -2.18. The van der Waals surface area contributed by atoms with Crippen LogP contribution in [0.5, 0.6) is 0 Å². The molecule has 0 atom stereocenters. The quantitative estimate of drug-likeness (QED) is 0.558. The van der Waals surface area contributed by atoms with Crippen LogP contribution in [0.4, 0.5) is 0 Å². The van der Waals surface area contributed by atoms with Crippen LogP contribution < -0.4 is 10.6 Å². The minimum absolute atomic E-state index is 0.0313. The van der Waals surface area contributed by atoms with Gasteiger partial charge in [-0.25, -0.2) is 0 Å². The maximum Gasteiger partial charge on any atom is 0.251 e. The molecule has 126 valence electrons. The van der Waals surface area contributed by atoms with Gasteiger partial charge in [-0.1, -0.05) is 17.7 Å². The summed E-state index contributed by atoms with van der Waals surface area (Å²) >= 11 is 7.13. The third-order valence-corrected chi connectivity index (χ3v) is 4.38. The van der Waals surface area contributed by atoms with Crippen molar-refractivity contribution < 1.29 is 14.4 Å². The van der Waals surface area contributed by atoms with E-state index in [1.165, 1.54) is 11.3 Å². The van der Waals surface area contributed by atoms with Crippen molar-refractivity contribution >= 4 is 40.5 Å². The van der Waals surface area contributed by atoms with Crippen molar-refractivity contribution in [3.05, 3.63) is 57.2 Å². The fraction of sp³-hybridized carbons (Fsp3) is 0.235. The molecule has 0 bridgehead atoms. The van der Waals surface area contributed by atoms with Gasteiger partial charge in [0.1, 0.15) is 0 Å². The van der Waals surface area contributed by atoms with Crippen LogP contribution in [0.3, 0.4) is 0 Å². The second-order valence-corrected chi connectivity index (χ2v) is 6.40. The number of hydrogen-bond acceptors (Lipinski definition) is 4. The van der Waals surface area contributed by atoms with E-state index in [4.69, 9.17) is 11.6 Å². The summed E-state index contributed by atoms with van der Waals surface area (Å²) < 4.78 is 0. The fourth-order valence-electron chi connectivity index (χ4n) is 1.96. The molecule has 7 heteroatoms. The molecule has 0 saturated carbocycles. The van der Waals surface area contributed by atoms with Crippen molar-refractivity contribution in [1.82, 2.24) is 10.6 Å². The molecule has 1 aromatic heterocycles. The van der Waals surface area contributed by atoms with Crippen LogP contribution in [0.1, 0.15) is 32.9 Å². The molecule has 2 rings (SSSR count). The first-order valence-electron chi connectivity index (χ1n) is 7.43. The van der Waals surface area contributed by atoms with E-state index >= 15 is 0 Å². The number of benzene rings is 1. The molecule has 0 saturated heterocycles. The summed E-state index contributed by atoms with van der Waals surface area (Å²) in [6.07, 6.45) is 0.325. The molecule has 2 N–H and O–H groups in total. The number of hydrogen-bond donors (Lipinski definition) is 2. The molecule has 0 fully saturated rings. The number of Topliss-reactive ketones (excluding diaryl/α,β-unsaturated/α-hetero) is 1. The Balaban J connectivity index is 1.61. The molecule has 1 heterocycles. The van der Waals surface area contributed by atoms with E-state index in [2.05, 4.69) is 10.6 Å². The van der Waals surface area contributed by atoms with Crippen molar-refractivity contribution in [1.29, 1.82) is 0 Å². The van der Waals surface area contributed by atoms with Crippen LogP contribution in [0.2, 0.25) is 5.02 Å². The van der Waals surface area contributed by atoms with E-state index in [0.717, 1.165) is 0 Å². The first kappa shape index (κ1) is 18.2. The third-order valence-electron chi connectivity index (χ3n) is 3.21. The lowest BCUT2D eigenvalue weighted by molar-refractivity contribution is -0.121. The summed E-state index contributed by atoms with van der Waals surface area (Å²) in [7, 11) is 0. The van der Waals surface area contributed by atoms with Crippen molar-refractivity contribution in [2.45, 2.75) is 12.8 Å².